The molecule has 0 aliphatic heterocycles. The molecule has 2 heteroatoms. The molecule has 8 rings (SSSR count). The molecule has 2 aliphatic carbocycles. The molecule has 0 spiro atoms. The number of fused-ring (bicyclic) bond motifs is 12. The monoisotopic (exact) mass is 465 g/mol. The number of hydrogen-bond acceptors (Lipinski definition) is 1. The van der Waals surface area contributed by atoms with Crippen LogP contribution in [-0.4, -0.2) is 4.57 Å². The molecule has 0 N–H and O–H groups in total. The average Bonchev–Trinajstić information content (AvgIpc) is 3.51. The lowest BCUT2D eigenvalue weighted by molar-refractivity contribution is 0.567. The molecule has 2 nitrogen and oxygen atoms in total. The van der Waals surface area contributed by atoms with Crippen LogP contribution in [0.1, 0.15) is 43.2 Å². The predicted molar refractivity (Wildman–Crippen MR) is 150 cm³/mol. The Hall–Kier alpha value is -4.04. The molecule has 36 heavy (non-hydrogen) atoms. The summed E-state index contributed by atoms with van der Waals surface area (Å²) in [6, 6.07) is 28.6. The smallest absolute Gasteiger partial charge is 0.141 e. The van der Waals surface area contributed by atoms with Gasteiger partial charge in [0.25, 0.3) is 0 Å². The molecule has 2 aliphatic rings. The highest BCUT2D eigenvalue weighted by Gasteiger charge is 2.42. The van der Waals surface area contributed by atoms with Gasteiger partial charge < -0.3 is 8.98 Å². The third kappa shape index (κ3) is 2.37. The number of furan rings is 1. The summed E-state index contributed by atoms with van der Waals surface area (Å²) in [4.78, 5) is 0. The number of hydrogen-bond donors (Lipinski definition) is 0. The van der Waals surface area contributed by atoms with Crippen molar-refractivity contribution in [1.29, 1.82) is 0 Å². The lowest BCUT2D eigenvalue weighted by Crippen LogP contribution is -2.15. The normalized spacial score (nSPS) is 17.6. The molecule has 174 valence electrons. The minimum atomic E-state index is -0.149. The fraction of sp³-hybridized carbons (Fsp3) is 0.176. The van der Waals surface area contributed by atoms with Gasteiger partial charge in [0, 0.05) is 38.4 Å². The van der Waals surface area contributed by atoms with E-state index < -0.39 is 0 Å². The van der Waals surface area contributed by atoms with E-state index in [4.69, 9.17) is 4.42 Å². The Labute approximate surface area is 210 Å². The Balaban J connectivity index is 1.72. The highest BCUT2D eigenvalue weighted by molar-refractivity contribution is 6.27. The first-order chi connectivity index (χ1) is 17.6. The summed E-state index contributed by atoms with van der Waals surface area (Å²) in [5, 5.41) is 3.94. The fourth-order valence-corrected chi connectivity index (χ4v) is 6.95. The summed E-state index contributed by atoms with van der Waals surface area (Å²) in [5.41, 5.74) is 11.3. The maximum atomic E-state index is 6.84. The highest BCUT2D eigenvalue weighted by Crippen LogP contribution is 2.57. The molecule has 0 saturated carbocycles. The second-order valence-electron chi connectivity index (χ2n) is 11.0. The molecule has 2 aromatic heterocycles. The van der Waals surface area contributed by atoms with Crippen molar-refractivity contribution in [3.63, 3.8) is 0 Å². The van der Waals surface area contributed by atoms with Gasteiger partial charge in [-0.05, 0) is 53.3 Å². The number of aromatic nitrogens is 1. The van der Waals surface area contributed by atoms with Crippen LogP contribution in [0, 0.1) is 5.92 Å². The second kappa shape index (κ2) is 6.79. The molecule has 0 saturated heterocycles. The van der Waals surface area contributed by atoms with Gasteiger partial charge in [0.05, 0.1) is 11.0 Å². The molecule has 0 amide bonds. The van der Waals surface area contributed by atoms with Gasteiger partial charge >= 0.3 is 0 Å². The van der Waals surface area contributed by atoms with Crippen molar-refractivity contribution in [2.45, 2.75) is 32.6 Å². The van der Waals surface area contributed by atoms with E-state index in [1.807, 2.05) is 0 Å². The van der Waals surface area contributed by atoms with Gasteiger partial charge in [0.1, 0.15) is 11.3 Å². The Morgan fingerprint density at radius 3 is 2.47 bits per heavy atom. The second-order valence-corrected chi connectivity index (χ2v) is 11.0. The molecule has 6 aromatic rings. The third-order valence-electron chi connectivity index (χ3n) is 8.49. The number of allylic oxidation sites excluding steroid dienone is 1. The zero-order valence-electron chi connectivity index (χ0n) is 20.8. The summed E-state index contributed by atoms with van der Waals surface area (Å²) in [6.45, 7) is 7.02. The Kier molecular flexibility index (Phi) is 3.81. The van der Waals surface area contributed by atoms with Crippen LogP contribution in [0.3, 0.4) is 0 Å². The molecule has 4 aromatic carbocycles. The highest BCUT2D eigenvalue weighted by atomic mass is 16.3. The number of benzene rings is 4. The molecule has 0 fully saturated rings. The van der Waals surface area contributed by atoms with Crippen LogP contribution >= 0.6 is 0 Å². The topological polar surface area (TPSA) is 18.1 Å². The van der Waals surface area contributed by atoms with Crippen molar-refractivity contribution < 1.29 is 4.42 Å². The van der Waals surface area contributed by atoms with Gasteiger partial charge in [-0.15, -0.1) is 0 Å². The van der Waals surface area contributed by atoms with Gasteiger partial charge in [-0.2, -0.15) is 0 Å². The van der Waals surface area contributed by atoms with Crippen molar-refractivity contribution in [3.8, 4) is 16.8 Å². The summed E-state index contributed by atoms with van der Waals surface area (Å²) in [7, 11) is 0. The van der Waals surface area contributed by atoms with Crippen LogP contribution in [0.4, 0.5) is 0 Å². The first-order valence-electron chi connectivity index (χ1n) is 12.9. The van der Waals surface area contributed by atoms with Gasteiger partial charge in [-0.1, -0.05) is 87.5 Å². The first kappa shape index (κ1) is 20.2. The van der Waals surface area contributed by atoms with E-state index in [1.165, 1.54) is 60.7 Å². The Morgan fingerprint density at radius 1 is 0.861 bits per heavy atom. The molecule has 0 bridgehead atoms. The van der Waals surface area contributed by atoms with Gasteiger partial charge in [0.2, 0.25) is 0 Å². The van der Waals surface area contributed by atoms with Crippen LogP contribution in [-0.2, 0) is 11.8 Å². The van der Waals surface area contributed by atoms with E-state index in [9.17, 15) is 0 Å². The largest absolute Gasteiger partial charge is 0.456 e. The lowest BCUT2D eigenvalue weighted by atomic mass is 9.81. The quantitative estimate of drug-likeness (QED) is 0.237. The van der Waals surface area contributed by atoms with E-state index in [-0.39, 0.29) is 5.41 Å². The maximum absolute atomic E-state index is 6.84. The van der Waals surface area contributed by atoms with E-state index in [2.05, 4.69) is 116 Å². The van der Waals surface area contributed by atoms with Crippen LogP contribution in [0.25, 0.3) is 55.7 Å². The van der Waals surface area contributed by atoms with Crippen LogP contribution in [0.2, 0.25) is 0 Å². The fourth-order valence-electron chi connectivity index (χ4n) is 6.95. The Bertz CT molecular complexity index is 1890. The minimum absolute atomic E-state index is 0.149. The van der Waals surface area contributed by atoms with Crippen molar-refractivity contribution in [2.75, 3.05) is 0 Å². The molecular formula is C34H27NO. The average molecular weight is 466 g/mol. The van der Waals surface area contributed by atoms with Gasteiger partial charge in [0.15, 0.2) is 0 Å². The zero-order chi connectivity index (χ0) is 24.2. The zero-order valence-corrected chi connectivity index (χ0v) is 20.8. The predicted octanol–water partition coefficient (Wildman–Crippen LogP) is 9.04. The van der Waals surface area contributed by atoms with E-state index in [0.717, 1.165) is 17.8 Å². The van der Waals surface area contributed by atoms with E-state index in [0.29, 0.717) is 5.92 Å². The molecule has 1 atom stereocenters. The van der Waals surface area contributed by atoms with Gasteiger partial charge in [-0.3, -0.25) is 0 Å². The van der Waals surface area contributed by atoms with Crippen molar-refractivity contribution >= 4 is 38.9 Å². The number of rotatable bonds is 1. The standard InChI is InChI=1S/C34H27NO/c1-20-17-18-27-24(19-20)30-32-29(23-14-8-10-16-26(23)35(32)21-11-5-4-6-12-21)28-22-13-7-9-15-25(22)34(2,3)31(28)33(30)36-27/h4-18,20H,19H2,1-3H3. The first-order valence-corrected chi connectivity index (χ1v) is 12.9. The van der Waals surface area contributed by atoms with Crippen molar-refractivity contribution in [1.82, 2.24) is 4.57 Å². The minimum Gasteiger partial charge on any atom is -0.456 e. The summed E-state index contributed by atoms with van der Waals surface area (Å²) in [6.07, 6.45) is 5.48. The summed E-state index contributed by atoms with van der Waals surface area (Å²) < 4.78 is 9.32. The van der Waals surface area contributed by atoms with E-state index >= 15 is 0 Å². The van der Waals surface area contributed by atoms with Crippen LogP contribution in [0.5, 0.6) is 0 Å². The molecule has 1 unspecified atom stereocenters. The van der Waals surface area contributed by atoms with Crippen LogP contribution < -0.4 is 0 Å². The molecular weight excluding hydrogens is 438 g/mol. The van der Waals surface area contributed by atoms with Crippen molar-refractivity contribution in [3.05, 3.63) is 107 Å². The maximum Gasteiger partial charge on any atom is 0.141 e. The lowest BCUT2D eigenvalue weighted by Gasteiger charge is -2.22. The molecule has 0 radical (unpaired) electrons. The number of nitrogens with zero attached hydrogens (tertiary/aromatic N) is 1. The summed E-state index contributed by atoms with van der Waals surface area (Å²) in [5.74, 6) is 1.51. The SMILES string of the molecule is CC1C=Cc2oc3c4c(c5c6ccccc6n(-c6ccccc6)c5c3c2C1)-c1ccccc1C4(C)C. The summed E-state index contributed by atoms with van der Waals surface area (Å²) >= 11 is 0. The van der Waals surface area contributed by atoms with E-state index in [1.54, 1.807) is 0 Å². The van der Waals surface area contributed by atoms with Crippen LogP contribution in [0.15, 0.2) is 89.4 Å². The Morgan fingerprint density at radius 2 is 1.61 bits per heavy atom. The number of para-hydroxylation sites is 2. The third-order valence-corrected chi connectivity index (χ3v) is 8.49. The molecule has 2 heterocycles. The van der Waals surface area contributed by atoms with Crippen molar-refractivity contribution in [2.24, 2.45) is 5.92 Å². The van der Waals surface area contributed by atoms with Gasteiger partial charge in [-0.25, -0.2) is 0 Å².